The average molecular weight is 251 g/mol. The molecule has 6 nitrogen and oxygen atoms in total. The van der Waals surface area contributed by atoms with Crippen LogP contribution in [0.1, 0.15) is 5.56 Å². The van der Waals surface area contributed by atoms with Crippen LogP contribution in [0.2, 0.25) is 0 Å². The summed E-state index contributed by atoms with van der Waals surface area (Å²) in [4.78, 5) is 35.8. The van der Waals surface area contributed by atoms with E-state index in [-0.39, 0.29) is 12.2 Å². The monoisotopic (exact) mass is 251 g/mol. The first-order valence-corrected chi connectivity index (χ1v) is 5.09. The number of hydrogen-bond acceptors (Lipinski definition) is 4. The fourth-order valence-electron chi connectivity index (χ4n) is 1.60. The quantitative estimate of drug-likeness (QED) is 0.466. The number of nitrogens with zero attached hydrogens (tertiary/aromatic N) is 2. The van der Waals surface area contributed by atoms with Crippen molar-refractivity contribution in [1.82, 2.24) is 9.80 Å². The smallest absolute Gasteiger partial charge is 0.334 e. The summed E-state index contributed by atoms with van der Waals surface area (Å²) in [6, 6.07) is 3.23. The van der Waals surface area contributed by atoms with Crippen molar-refractivity contribution in [2.24, 2.45) is 0 Å². The van der Waals surface area contributed by atoms with Gasteiger partial charge in [-0.3, -0.25) is 19.4 Å². The number of hydrogen-bond donors (Lipinski definition) is 1. The number of likely N-dealkylation sites (N-methyl/N-ethyl adjacent to an activating group) is 1. The van der Waals surface area contributed by atoms with Crippen molar-refractivity contribution in [3.05, 3.63) is 29.6 Å². The van der Waals surface area contributed by atoms with Crippen LogP contribution in [0.15, 0.2) is 18.2 Å². The van der Waals surface area contributed by atoms with Crippen molar-refractivity contribution in [3.8, 4) is 0 Å². The van der Waals surface area contributed by atoms with Gasteiger partial charge in [-0.05, 0) is 17.7 Å². The molecule has 18 heavy (non-hydrogen) atoms. The van der Waals surface area contributed by atoms with E-state index in [1.165, 1.54) is 19.2 Å². The van der Waals surface area contributed by atoms with Crippen molar-refractivity contribution in [1.29, 1.82) is 0 Å². The highest BCUT2D eigenvalue weighted by Crippen LogP contribution is 2.17. The lowest BCUT2D eigenvalue weighted by molar-refractivity contribution is -0.143. The van der Waals surface area contributed by atoms with Gasteiger partial charge in [-0.1, -0.05) is 6.07 Å². The lowest BCUT2D eigenvalue weighted by Crippen LogP contribution is -2.31. The van der Waals surface area contributed by atoms with Gasteiger partial charge in [0.2, 0.25) is 0 Å². The maximum atomic E-state index is 13.2. The molecule has 1 saturated heterocycles. The van der Waals surface area contributed by atoms with Crippen molar-refractivity contribution in [2.75, 3.05) is 12.8 Å². The number of halogens is 1. The largest absolute Gasteiger partial charge is 0.396 e. The molecule has 0 unspecified atom stereocenters. The zero-order valence-corrected chi connectivity index (χ0v) is 9.51. The highest BCUT2D eigenvalue weighted by molar-refractivity contribution is 6.44. The predicted molar refractivity (Wildman–Crippen MR) is 59.5 cm³/mol. The minimum absolute atomic E-state index is 0.0222. The second kappa shape index (κ2) is 4.10. The molecule has 0 aromatic heterocycles. The Morgan fingerprint density at radius 2 is 1.89 bits per heavy atom. The van der Waals surface area contributed by atoms with Gasteiger partial charge in [-0.2, -0.15) is 0 Å². The minimum Gasteiger partial charge on any atom is -0.396 e. The molecule has 2 N–H and O–H groups in total. The third-order valence-corrected chi connectivity index (χ3v) is 2.66. The van der Waals surface area contributed by atoms with Gasteiger partial charge in [-0.15, -0.1) is 0 Å². The highest BCUT2D eigenvalue weighted by atomic mass is 19.1. The Morgan fingerprint density at radius 1 is 1.22 bits per heavy atom. The number of nitrogen functional groups attached to an aromatic ring is 1. The van der Waals surface area contributed by atoms with Crippen molar-refractivity contribution in [3.63, 3.8) is 0 Å². The number of imide groups is 2. The number of benzene rings is 1. The second-order valence-corrected chi connectivity index (χ2v) is 3.89. The maximum absolute atomic E-state index is 13.2. The number of urea groups is 1. The third kappa shape index (κ3) is 1.79. The van der Waals surface area contributed by atoms with Crippen LogP contribution >= 0.6 is 0 Å². The summed E-state index contributed by atoms with van der Waals surface area (Å²) in [6.45, 7) is -0.162. The Morgan fingerprint density at radius 3 is 2.39 bits per heavy atom. The van der Waals surface area contributed by atoms with Gasteiger partial charge in [0.25, 0.3) is 0 Å². The first-order valence-electron chi connectivity index (χ1n) is 5.09. The SMILES string of the molecule is CN1C(=O)C(=O)N(Cc2ccc(N)c(F)c2)C1=O. The molecule has 2 rings (SSSR count). The van der Waals surface area contributed by atoms with Gasteiger partial charge < -0.3 is 5.73 Å². The molecule has 0 saturated carbocycles. The Bertz CT molecular complexity index is 558. The number of rotatable bonds is 2. The van der Waals surface area contributed by atoms with E-state index in [1.807, 2.05) is 0 Å². The average Bonchev–Trinajstić information content (AvgIpc) is 2.52. The Balaban J connectivity index is 2.24. The van der Waals surface area contributed by atoms with Crippen LogP contribution in [-0.4, -0.2) is 34.7 Å². The molecule has 0 atom stereocenters. The van der Waals surface area contributed by atoms with Gasteiger partial charge in [0, 0.05) is 7.05 Å². The summed E-state index contributed by atoms with van der Waals surface area (Å²) in [5, 5.41) is 0. The van der Waals surface area contributed by atoms with Crippen LogP contribution in [0, 0.1) is 5.82 Å². The molecule has 0 aliphatic carbocycles. The zero-order chi connectivity index (χ0) is 13.4. The first-order chi connectivity index (χ1) is 8.41. The summed E-state index contributed by atoms with van der Waals surface area (Å²) in [5.74, 6) is -2.44. The summed E-state index contributed by atoms with van der Waals surface area (Å²) in [6.07, 6.45) is 0. The standard InChI is InChI=1S/C11H10FN3O3/c1-14-9(16)10(17)15(11(14)18)5-6-2-3-8(13)7(12)4-6/h2-4H,5,13H2,1H3. The lowest BCUT2D eigenvalue weighted by atomic mass is 10.2. The third-order valence-electron chi connectivity index (χ3n) is 2.66. The second-order valence-electron chi connectivity index (χ2n) is 3.89. The van der Waals surface area contributed by atoms with Crippen LogP contribution < -0.4 is 5.73 Å². The van der Waals surface area contributed by atoms with E-state index in [0.717, 1.165) is 15.9 Å². The molecular formula is C11H10FN3O3. The van der Waals surface area contributed by atoms with Gasteiger partial charge in [0.15, 0.2) is 0 Å². The van der Waals surface area contributed by atoms with E-state index >= 15 is 0 Å². The van der Waals surface area contributed by atoms with Gasteiger partial charge >= 0.3 is 17.8 Å². The molecule has 1 fully saturated rings. The van der Waals surface area contributed by atoms with Crippen molar-refractivity contribution in [2.45, 2.75) is 6.54 Å². The maximum Gasteiger partial charge on any atom is 0.334 e. The topological polar surface area (TPSA) is 83.7 Å². The van der Waals surface area contributed by atoms with E-state index in [4.69, 9.17) is 5.73 Å². The molecule has 4 amide bonds. The van der Waals surface area contributed by atoms with Crippen molar-refractivity contribution < 1.29 is 18.8 Å². The summed E-state index contributed by atoms with van der Waals surface area (Å²) >= 11 is 0. The fraction of sp³-hybridized carbons (Fsp3) is 0.182. The van der Waals surface area contributed by atoms with E-state index in [0.29, 0.717) is 5.56 Å². The van der Waals surface area contributed by atoms with Crippen LogP contribution in [0.5, 0.6) is 0 Å². The van der Waals surface area contributed by atoms with Crippen LogP contribution in [0.3, 0.4) is 0 Å². The van der Waals surface area contributed by atoms with Gasteiger partial charge in [-0.25, -0.2) is 9.18 Å². The minimum atomic E-state index is -0.917. The zero-order valence-electron chi connectivity index (χ0n) is 9.51. The number of carbonyl (C=O) groups is 3. The van der Waals surface area contributed by atoms with Crippen molar-refractivity contribution >= 4 is 23.5 Å². The molecule has 0 radical (unpaired) electrons. The normalized spacial score (nSPS) is 15.8. The fourth-order valence-corrected chi connectivity index (χ4v) is 1.60. The van der Waals surface area contributed by atoms with E-state index < -0.39 is 23.7 Å². The molecule has 0 bridgehead atoms. The van der Waals surface area contributed by atoms with Crippen LogP contribution in [-0.2, 0) is 16.1 Å². The first kappa shape index (κ1) is 12.0. The summed E-state index contributed by atoms with van der Waals surface area (Å²) in [7, 11) is 1.21. The van der Waals surface area contributed by atoms with Gasteiger partial charge in [0.1, 0.15) is 5.82 Å². The van der Waals surface area contributed by atoms with E-state index in [9.17, 15) is 18.8 Å². The molecule has 1 heterocycles. The molecule has 1 aliphatic rings. The van der Waals surface area contributed by atoms with Crippen LogP contribution in [0.4, 0.5) is 14.9 Å². The Kier molecular flexibility index (Phi) is 2.74. The highest BCUT2D eigenvalue weighted by Gasteiger charge is 2.41. The number of anilines is 1. The number of nitrogens with two attached hydrogens (primary N) is 1. The number of carbonyl (C=O) groups excluding carboxylic acids is 3. The Labute approximate surface area is 102 Å². The molecule has 1 aromatic carbocycles. The number of amides is 4. The molecular weight excluding hydrogens is 241 g/mol. The molecule has 0 spiro atoms. The summed E-state index contributed by atoms with van der Waals surface area (Å²) < 4.78 is 13.2. The molecule has 7 heteroatoms. The van der Waals surface area contributed by atoms with Gasteiger partial charge in [0.05, 0.1) is 12.2 Å². The molecule has 1 aliphatic heterocycles. The molecule has 94 valence electrons. The Hall–Kier alpha value is -2.44. The predicted octanol–water partition coefficient (Wildman–Crippen LogP) is 0.328. The lowest BCUT2D eigenvalue weighted by Gasteiger charge is -2.13. The summed E-state index contributed by atoms with van der Waals surface area (Å²) in [5.41, 5.74) is 5.67. The van der Waals surface area contributed by atoms with E-state index in [2.05, 4.69) is 0 Å². The molecule has 1 aromatic rings. The van der Waals surface area contributed by atoms with E-state index in [1.54, 1.807) is 0 Å². The van der Waals surface area contributed by atoms with Crippen LogP contribution in [0.25, 0.3) is 0 Å².